The van der Waals surface area contributed by atoms with Gasteiger partial charge in [-0.1, -0.05) is 0 Å². The predicted octanol–water partition coefficient (Wildman–Crippen LogP) is 2.90. The van der Waals surface area contributed by atoms with Gasteiger partial charge in [0.2, 0.25) is 0 Å². The SMILES string of the molecule is CCOC(=O)CCNC(=O)c1sccc1Cc1ccnc2[nH]ccc12. The lowest BCUT2D eigenvalue weighted by Gasteiger charge is -2.07. The predicted molar refractivity (Wildman–Crippen MR) is 96.8 cm³/mol. The molecule has 0 aliphatic rings. The number of hydrogen-bond acceptors (Lipinski definition) is 5. The minimum absolute atomic E-state index is 0.159. The second-order valence-electron chi connectivity index (χ2n) is 5.47. The average molecular weight is 357 g/mol. The number of pyridine rings is 1. The number of esters is 1. The summed E-state index contributed by atoms with van der Waals surface area (Å²) in [6.07, 6.45) is 4.45. The van der Waals surface area contributed by atoms with E-state index in [9.17, 15) is 9.59 Å². The fourth-order valence-electron chi connectivity index (χ4n) is 2.64. The molecule has 2 N–H and O–H groups in total. The van der Waals surface area contributed by atoms with E-state index >= 15 is 0 Å². The molecule has 3 aromatic heterocycles. The second-order valence-corrected chi connectivity index (χ2v) is 6.39. The third kappa shape index (κ3) is 4.06. The smallest absolute Gasteiger partial charge is 0.307 e. The molecule has 3 heterocycles. The maximum atomic E-state index is 12.4. The van der Waals surface area contributed by atoms with E-state index in [1.54, 1.807) is 13.1 Å². The standard InChI is InChI=1S/C18H19N3O3S/c1-2-24-15(22)5-9-21-18(23)16-13(6-10-25-16)11-12-3-7-19-17-14(12)4-8-20-17/h3-4,6-8,10H,2,5,9,11H2,1H3,(H,19,20)(H,21,23). The Bertz CT molecular complexity index is 884. The molecular weight excluding hydrogens is 338 g/mol. The Hall–Kier alpha value is -2.67. The fraction of sp³-hybridized carbons (Fsp3) is 0.278. The number of nitrogens with zero attached hydrogens (tertiary/aromatic N) is 1. The van der Waals surface area contributed by atoms with Gasteiger partial charge in [0.15, 0.2) is 0 Å². The molecule has 0 saturated heterocycles. The van der Waals surface area contributed by atoms with Gasteiger partial charge in [-0.3, -0.25) is 9.59 Å². The van der Waals surface area contributed by atoms with Crippen molar-refractivity contribution in [3.63, 3.8) is 0 Å². The third-order valence-corrected chi connectivity index (χ3v) is 4.76. The molecule has 3 rings (SSSR count). The van der Waals surface area contributed by atoms with Gasteiger partial charge in [-0.2, -0.15) is 0 Å². The number of aromatic amines is 1. The summed E-state index contributed by atoms with van der Waals surface area (Å²) in [6.45, 7) is 2.38. The number of carbonyl (C=O) groups excluding carboxylic acids is 2. The van der Waals surface area contributed by atoms with Crippen LogP contribution in [0.4, 0.5) is 0 Å². The van der Waals surface area contributed by atoms with Crippen LogP contribution in [0.5, 0.6) is 0 Å². The summed E-state index contributed by atoms with van der Waals surface area (Å²) in [5, 5.41) is 5.75. The molecule has 1 amide bonds. The third-order valence-electron chi connectivity index (χ3n) is 3.80. The summed E-state index contributed by atoms with van der Waals surface area (Å²) in [7, 11) is 0. The van der Waals surface area contributed by atoms with Gasteiger partial charge in [0.1, 0.15) is 5.65 Å². The highest BCUT2D eigenvalue weighted by Crippen LogP contribution is 2.24. The number of hydrogen-bond donors (Lipinski definition) is 2. The van der Waals surface area contributed by atoms with Gasteiger partial charge in [0.25, 0.3) is 5.91 Å². The number of thiophene rings is 1. The number of H-pyrrole nitrogens is 1. The van der Waals surface area contributed by atoms with E-state index in [2.05, 4.69) is 15.3 Å². The topological polar surface area (TPSA) is 84.1 Å². The molecule has 0 atom stereocenters. The van der Waals surface area contributed by atoms with Crippen LogP contribution in [0.1, 0.15) is 34.1 Å². The first-order valence-corrected chi connectivity index (χ1v) is 8.98. The van der Waals surface area contributed by atoms with E-state index in [4.69, 9.17) is 4.74 Å². The Labute approximate surface area is 149 Å². The van der Waals surface area contributed by atoms with Crippen molar-refractivity contribution in [1.29, 1.82) is 0 Å². The van der Waals surface area contributed by atoms with Crippen LogP contribution in [-0.2, 0) is 16.0 Å². The van der Waals surface area contributed by atoms with E-state index in [0.717, 1.165) is 22.2 Å². The lowest BCUT2D eigenvalue weighted by molar-refractivity contribution is -0.142. The number of carbonyl (C=O) groups is 2. The van der Waals surface area contributed by atoms with Crippen molar-refractivity contribution in [1.82, 2.24) is 15.3 Å². The molecule has 0 aliphatic heterocycles. The quantitative estimate of drug-likeness (QED) is 0.637. The number of amides is 1. The zero-order valence-electron chi connectivity index (χ0n) is 13.9. The summed E-state index contributed by atoms with van der Waals surface area (Å²) >= 11 is 1.40. The Morgan fingerprint density at radius 2 is 2.16 bits per heavy atom. The molecule has 0 aromatic carbocycles. The van der Waals surface area contributed by atoms with Crippen LogP contribution in [0.15, 0.2) is 36.0 Å². The molecule has 0 spiro atoms. The van der Waals surface area contributed by atoms with E-state index in [-0.39, 0.29) is 24.8 Å². The minimum atomic E-state index is -0.305. The van der Waals surface area contributed by atoms with Gasteiger partial charge in [-0.05, 0) is 48.1 Å². The van der Waals surface area contributed by atoms with E-state index in [0.29, 0.717) is 17.9 Å². The first-order chi connectivity index (χ1) is 12.2. The molecule has 7 heteroatoms. The highest BCUT2D eigenvalue weighted by Gasteiger charge is 2.15. The lowest BCUT2D eigenvalue weighted by atomic mass is 10.0. The van der Waals surface area contributed by atoms with Crippen molar-refractivity contribution in [2.24, 2.45) is 0 Å². The van der Waals surface area contributed by atoms with Crippen molar-refractivity contribution in [3.05, 3.63) is 52.0 Å². The number of fused-ring (bicyclic) bond motifs is 1. The van der Waals surface area contributed by atoms with Crippen LogP contribution >= 0.6 is 11.3 Å². The average Bonchev–Trinajstić information content (AvgIpc) is 3.24. The monoisotopic (exact) mass is 357 g/mol. The fourth-order valence-corrected chi connectivity index (χ4v) is 3.48. The van der Waals surface area contributed by atoms with Crippen molar-refractivity contribution >= 4 is 34.2 Å². The van der Waals surface area contributed by atoms with Crippen molar-refractivity contribution in [2.45, 2.75) is 19.8 Å². The molecule has 6 nitrogen and oxygen atoms in total. The van der Waals surface area contributed by atoms with Crippen LogP contribution in [0, 0.1) is 0 Å². The molecule has 130 valence electrons. The summed E-state index contributed by atoms with van der Waals surface area (Å²) in [5.41, 5.74) is 2.92. The number of rotatable bonds is 7. The lowest BCUT2D eigenvalue weighted by Crippen LogP contribution is -2.26. The largest absolute Gasteiger partial charge is 0.466 e. The summed E-state index contributed by atoms with van der Waals surface area (Å²) in [5.74, 6) is -0.463. The van der Waals surface area contributed by atoms with Gasteiger partial charge >= 0.3 is 5.97 Å². The van der Waals surface area contributed by atoms with Crippen LogP contribution in [-0.4, -0.2) is 35.0 Å². The zero-order valence-corrected chi connectivity index (χ0v) is 14.7. The second kappa shape index (κ2) is 7.94. The van der Waals surface area contributed by atoms with E-state index in [1.165, 1.54) is 11.3 Å². The van der Waals surface area contributed by atoms with Gasteiger partial charge in [-0.25, -0.2) is 4.98 Å². The van der Waals surface area contributed by atoms with Crippen LogP contribution in [0.3, 0.4) is 0 Å². The van der Waals surface area contributed by atoms with Gasteiger partial charge in [0.05, 0.1) is 17.9 Å². The van der Waals surface area contributed by atoms with E-state index < -0.39 is 0 Å². The molecule has 0 radical (unpaired) electrons. The van der Waals surface area contributed by atoms with Crippen molar-refractivity contribution < 1.29 is 14.3 Å². The molecular formula is C18H19N3O3S. The summed E-state index contributed by atoms with van der Waals surface area (Å²) in [6, 6.07) is 5.92. The highest BCUT2D eigenvalue weighted by molar-refractivity contribution is 7.12. The zero-order chi connectivity index (χ0) is 17.6. The highest BCUT2D eigenvalue weighted by atomic mass is 32.1. The minimum Gasteiger partial charge on any atom is -0.466 e. The molecule has 0 bridgehead atoms. The van der Waals surface area contributed by atoms with Crippen molar-refractivity contribution in [3.8, 4) is 0 Å². The maximum Gasteiger partial charge on any atom is 0.307 e. The van der Waals surface area contributed by atoms with Gasteiger partial charge in [0, 0.05) is 24.3 Å². The van der Waals surface area contributed by atoms with Gasteiger partial charge in [-0.15, -0.1) is 11.3 Å². The number of nitrogens with one attached hydrogen (secondary N) is 2. The Kier molecular flexibility index (Phi) is 5.45. The number of ether oxygens (including phenoxy) is 1. The van der Waals surface area contributed by atoms with Crippen LogP contribution < -0.4 is 5.32 Å². The molecule has 25 heavy (non-hydrogen) atoms. The normalized spacial score (nSPS) is 10.8. The van der Waals surface area contributed by atoms with Gasteiger partial charge < -0.3 is 15.0 Å². The molecule has 0 unspecified atom stereocenters. The molecule has 3 aromatic rings. The molecule has 0 fully saturated rings. The Morgan fingerprint density at radius 1 is 1.28 bits per heavy atom. The molecule has 0 aliphatic carbocycles. The Balaban J connectivity index is 1.67. The molecule has 0 saturated carbocycles. The maximum absolute atomic E-state index is 12.4. The number of aromatic nitrogens is 2. The van der Waals surface area contributed by atoms with Crippen molar-refractivity contribution in [2.75, 3.05) is 13.2 Å². The first-order valence-electron chi connectivity index (χ1n) is 8.10. The van der Waals surface area contributed by atoms with Crippen LogP contribution in [0.2, 0.25) is 0 Å². The van der Waals surface area contributed by atoms with E-state index in [1.807, 2.05) is 29.8 Å². The first kappa shape index (κ1) is 17.2. The van der Waals surface area contributed by atoms with Crippen LogP contribution in [0.25, 0.3) is 11.0 Å². The summed E-state index contributed by atoms with van der Waals surface area (Å²) < 4.78 is 4.85. The Morgan fingerprint density at radius 3 is 3.00 bits per heavy atom. The summed E-state index contributed by atoms with van der Waals surface area (Å²) in [4.78, 5) is 31.8.